The lowest BCUT2D eigenvalue weighted by Gasteiger charge is -2.08. The van der Waals surface area contributed by atoms with Gasteiger partial charge in [-0.2, -0.15) is 0 Å². The molecule has 1 aromatic heterocycles. The number of nitrogens with zero attached hydrogens (tertiary/aromatic N) is 2. The molecule has 1 unspecified atom stereocenters. The van der Waals surface area contributed by atoms with E-state index in [1.54, 1.807) is 18.6 Å². The fourth-order valence-electron chi connectivity index (χ4n) is 0.953. The molecule has 1 atom stereocenters. The summed E-state index contributed by atoms with van der Waals surface area (Å²) >= 11 is 0. The predicted octanol–water partition coefficient (Wildman–Crippen LogP) is 0.962. The van der Waals surface area contributed by atoms with Crippen molar-refractivity contribution in [1.82, 2.24) is 9.97 Å². The van der Waals surface area contributed by atoms with Crippen molar-refractivity contribution in [3.8, 4) is 0 Å². The minimum atomic E-state index is 0.142. The van der Waals surface area contributed by atoms with Crippen LogP contribution in [0, 0.1) is 0 Å². The molecule has 1 N–H and O–H groups in total. The van der Waals surface area contributed by atoms with Crippen LogP contribution in [0.1, 0.15) is 25.0 Å². The van der Waals surface area contributed by atoms with E-state index in [9.17, 15) is 0 Å². The molecule has 0 aromatic carbocycles. The second-order valence-electron chi connectivity index (χ2n) is 2.42. The smallest absolute Gasteiger partial charge is 0.0640 e. The largest absolute Gasteiger partial charge is 0.396 e. The minimum absolute atomic E-state index is 0.142. The summed E-state index contributed by atoms with van der Waals surface area (Å²) in [7, 11) is 0. The highest BCUT2D eigenvalue weighted by atomic mass is 16.3. The van der Waals surface area contributed by atoms with Crippen molar-refractivity contribution < 1.29 is 5.11 Å². The van der Waals surface area contributed by atoms with Crippen molar-refractivity contribution >= 4 is 0 Å². The summed E-state index contributed by atoms with van der Waals surface area (Å²) in [6.07, 6.45) is 5.88. The van der Waals surface area contributed by atoms with Gasteiger partial charge in [-0.15, -0.1) is 0 Å². The van der Waals surface area contributed by atoms with E-state index < -0.39 is 0 Å². The standard InChI is InChI=1S/C8H12N2O/c1-2-7(6-11)8-5-9-3-4-10-8/h3-5,7,11H,2,6H2,1H3. The zero-order valence-electron chi connectivity index (χ0n) is 6.57. The van der Waals surface area contributed by atoms with Gasteiger partial charge in [0.1, 0.15) is 0 Å². The van der Waals surface area contributed by atoms with Crippen LogP contribution in [0.4, 0.5) is 0 Å². The van der Waals surface area contributed by atoms with Crippen molar-refractivity contribution in [2.24, 2.45) is 0 Å². The lowest BCUT2D eigenvalue weighted by molar-refractivity contribution is 0.260. The molecule has 11 heavy (non-hydrogen) atoms. The van der Waals surface area contributed by atoms with Crippen LogP contribution in [-0.4, -0.2) is 21.7 Å². The van der Waals surface area contributed by atoms with Crippen molar-refractivity contribution in [2.75, 3.05) is 6.61 Å². The van der Waals surface area contributed by atoms with E-state index in [1.807, 2.05) is 6.92 Å². The van der Waals surface area contributed by atoms with Gasteiger partial charge in [0.2, 0.25) is 0 Å². The zero-order valence-corrected chi connectivity index (χ0v) is 6.57. The number of hydrogen-bond donors (Lipinski definition) is 1. The molecule has 1 heterocycles. The summed E-state index contributed by atoms with van der Waals surface area (Å²) in [4.78, 5) is 8.03. The molecule has 0 aliphatic rings. The van der Waals surface area contributed by atoms with Gasteiger partial charge in [0.15, 0.2) is 0 Å². The van der Waals surface area contributed by atoms with Gasteiger partial charge in [0.25, 0.3) is 0 Å². The van der Waals surface area contributed by atoms with Gasteiger partial charge in [-0.25, -0.2) is 0 Å². The second kappa shape index (κ2) is 4.03. The van der Waals surface area contributed by atoms with Gasteiger partial charge in [-0.3, -0.25) is 9.97 Å². The van der Waals surface area contributed by atoms with E-state index >= 15 is 0 Å². The maximum Gasteiger partial charge on any atom is 0.0640 e. The average molecular weight is 152 g/mol. The van der Waals surface area contributed by atoms with E-state index in [-0.39, 0.29) is 12.5 Å². The number of aliphatic hydroxyl groups excluding tert-OH is 1. The Labute approximate surface area is 66.1 Å². The van der Waals surface area contributed by atoms with Gasteiger partial charge in [-0.1, -0.05) is 6.92 Å². The lowest BCUT2D eigenvalue weighted by Crippen LogP contribution is -2.04. The van der Waals surface area contributed by atoms with Crippen molar-refractivity contribution in [3.05, 3.63) is 24.3 Å². The maximum atomic E-state index is 8.91. The Kier molecular flexibility index (Phi) is 2.98. The second-order valence-corrected chi connectivity index (χ2v) is 2.42. The summed E-state index contributed by atoms with van der Waals surface area (Å²) in [6, 6.07) is 0. The number of aromatic nitrogens is 2. The summed E-state index contributed by atoms with van der Waals surface area (Å²) in [5, 5.41) is 8.91. The van der Waals surface area contributed by atoms with Crippen molar-refractivity contribution in [2.45, 2.75) is 19.3 Å². The minimum Gasteiger partial charge on any atom is -0.396 e. The molecule has 0 fully saturated rings. The van der Waals surface area contributed by atoms with E-state index in [2.05, 4.69) is 9.97 Å². The van der Waals surface area contributed by atoms with E-state index in [0.717, 1.165) is 12.1 Å². The van der Waals surface area contributed by atoms with E-state index in [4.69, 9.17) is 5.11 Å². The number of hydrogen-bond acceptors (Lipinski definition) is 3. The van der Waals surface area contributed by atoms with E-state index in [1.165, 1.54) is 0 Å². The Balaban J connectivity index is 2.74. The van der Waals surface area contributed by atoms with Gasteiger partial charge in [0, 0.05) is 24.5 Å². The third-order valence-electron chi connectivity index (χ3n) is 1.71. The topological polar surface area (TPSA) is 46.0 Å². The first-order valence-electron chi connectivity index (χ1n) is 3.75. The van der Waals surface area contributed by atoms with Crippen LogP contribution in [-0.2, 0) is 0 Å². The SMILES string of the molecule is CCC(CO)c1cnccn1. The molecule has 0 spiro atoms. The number of aliphatic hydroxyl groups is 1. The van der Waals surface area contributed by atoms with Crippen LogP contribution in [0.3, 0.4) is 0 Å². The lowest BCUT2D eigenvalue weighted by atomic mass is 10.0. The molecule has 0 saturated heterocycles. The molecule has 0 bridgehead atoms. The highest BCUT2D eigenvalue weighted by molar-refractivity contribution is 5.02. The predicted molar refractivity (Wildman–Crippen MR) is 42.1 cm³/mol. The van der Waals surface area contributed by atoms with Crippen LogP contribution in [0.2, 0.25) is 0 Å². The summed E-state index contributed by atoms with van der Waals surface area (Å²) in [6.45, 7) is 2.17. The maximum absolute atomic E-state index is 8.91. The van der Waals surface area contributed by atoms with Gasteiger partial charge in [-0.05, 0) is 6.42 Å². The van der Waals surface area contributed by atoms with Crippen LogP contribution in [0.15, 0.2) is 18.6 Å². The Morgan fingerprint density at radius 2 is 2.36 bits per heavy atom. The van der Waals surface area contributed by atoms with Crippen LogP contribution < -0.4 is 0 Å². The Morgan fingerprint density at radius 1 is 1.55 bits per heavy atom. The summed E-state index contributed by atoms with van der Waals surface area (Å²) in [5.74, 6) is 0.142. The highest BCUT2D eigenvalue weighted by Crippen LogP contribution is 2.13. The normalized spacial score (nSPS) is 12.9. The fraction of sp³-hybridized carbons (Fsp3) is 0.500. The summed E-state index contributed by atoms with van der Waals surface area (Å²) < 4.78 is 0. The van der Waals surface area contributed by atoms with Gasteiger partial charge >= 0.3 is 0 Å². The van der Waals surface area contributed by atoms with Crippen LogP contribution in [0.5, 0.6) is 0 Å². The first kappa shape index (κ1) is 8.14. The molecule has 1 rings (SSSR count). The molecular formula is C8H12N2O. The van der Waals surface area contributed by atoms with Crippen molar-refractivity contribution in [1.29, 1.82) is 0 Å². The molecule has 1 aromatic rings. The molecule has 3 nitrogen and oxygen atoms in total. The fourth-order valence-corrected chi connectivity index (χ4v) is 0.953. The molecule has 0 aliphatic heterocycles. The zero-order chi connectivity index (χ0) is 8.10. The molecule has 3 heteroatoms. The molecule has 0 saturated carbocycles. The quantitative estimate of drug-likeness (QED) is 0.701. The monoisotopic (exact) mass is 152 g/mol. The number of rotatable bonds is 3. The van der Waals surface area contributed by atoms with Gasteiger partial charge < -0.3 is 5.11 Å². The Bertz CT molecular complexity index is 197. The molecule has 0 aliphatic carbocycles. The average Bonchev–Trinajstić information content (AvgIpc) is 2.09. The third kappa shape index (κ3) is 1.98. The van der Waals surface area contributed by atoms with Crippen LogP contribution >= 0.6 is 0 Å². The molecule has 0 radical (unpaired) electrons. The van der Waals surface area contributed by atoms with E-state index in [0.29, 0.717) is 0 Å². The molecular weight excluding hydrogens is 140 g/mol. The molecule has 0 amide bonds. The first-order chi connectivity index (χ1) is 5.38. The highest BCUT2D eigenvalue weighted by Gasteiger charge is 2.07. The Morgan fingerprint density at radius 3 is 2.82 bits per heavy atom. The molecule has 60 valence electrons. The van der Waals surface area contributed by atoms with Crippen molar-refractivity contribution in [3.63, 3.8) is 0 Å². The van der Waals surface area contributed by atoms with Crippen LogP contribution in [0.25, 0.3) is 0 Å². The third-order valence-corrected chi connectivity index (χ3v) is 1.71. The summed E-state index contributed by atoms with van der Waals surface area (Å²) in [5.41, 5.74) is 0.873. The van der Waals surface area contributed by atoms with Gasteiger partial charge in [0.05, 0.1) is 12.3 Å². The Hall–Kier alpha value is -0.960. The first-order valence-corrected chi connectivity index (χ1v) is 3.75.